The second-order valence-electron chi connectivity index (χ2n) is 5.43. The van der Waals surface area contributed by atoms with Crippen molar-refractivity contribution >= 4 is 16.3 Å². The molecule has 0 aliphatic carbocycles. The quantitative estimate of drug-likeness (QED) is 0.774. The van der Waals surface area contributed by atoms with Crippen molar-refractivity contribution in [2.45, 2.75) is 33.2 Å². The lowest BCUT2D eigenvalue weighted by Gasteiger charge is -2.20. The van der Waals surface area contributed by atoms with Gasteiger partial charge in [-0.3, -0.25) is 4.40 Å². The third-order valence-electron chi connectivity index (χ3n) is 4.03. The van der Waals surface area contributed by atoms with Crippen LogP contribution < -0.4 is 5.32 Å². The molecule has 1 N–H and O–H groups in total. The number of nitrogens with zero attached hydrogens (tertiary/aromatic N) is 2. The van der Waals surface area contributed by atoms with Crippen molar-refractivity contribution in [2.75, 3.05) is 6.54 Å². The summed E-state index contributed by atoms with van der Waals surface area (Å²) in [5, 5.41) is 5.67. The fourth-order valence-electron chi connectivity index (χ4n) is 2.77. The number of thiazole rings is 1. The molecule has 4 heteroatoms. The number of rotatable bonds is 5. The minimum absolute atomic E-state index is 0.319. The number of hydrogen-bond donors (Lipinski definition) is 1. The van der Waals surface area contributed by atoms with Gasteiger partial charge in [-0.1, -0.05) is 25.1 Å². The van der Waals surface area contributed by atoms with Gasteiger partial charge in [0.15, 0.2) is 4.96 Å². The van der Waals surface area contributed by atoms with Crippen LogP contribution in [0.1, 0.15) is 35.3 Å². The van der Waals surface area contributed by atoms with E-state index in [1.807, 2.05) is 0 Å². The Morgan fingerprint density at radius 1 is 1.33 bits per heavy atom. The monoisotopic (exact) mass is 299 g/mol. The van der Waals surface area contributed by atoms with Gasteiger partial charge < -0.3 is 5.32 Å². The Morgan fingerprint density at radius 2 is 2.19 bits per heavy atom. The molecule has 0 aliphatic heterocycles. The normalized spacial score (nSPS) is 12.9. The highest BCUT2D eigenvalue weighted by atomic mass is 32.1. The van der Waals surface area contributed by atoms with Crippen LogP contribution in [0.25, 0.3) is 4.96 Å². The van der Waals surface area contributed by atoms with Gasteiger partial charge in [0.1, 0.15) is 0 Å². The topological polar surface area (TPSA) is 29.3 Å². The lowest BCUT2D eigenvalue weighted by atomic mass is 9.94. The molecule has 2 heterocycles. The van der Waals surface area contributed by atoms with Crippen LogP contribution in [0, 0.1) is 13.8 Å². The third-order valence-corrected chi connectivity index (χ3v) is 4.80. The minimum Gasteiger partial charge on any atom is -0.310 e. The van der Waals surface area contributed by atoms with Crippen molar-refractivity contribution in [3.05, 3.63) is 58.4 Å². The van der Waals surface area contributed by atoms with Gasteiger partial charge >= 0.3 is 0 Å². The molecule has 0 spiro atoms. The van der Waals surface area contributed by atoms with Crippen LogP contribution >= 0.6 is 11.3 Å². The summed E-state index contributed by atoms with van der Waals surface area (Å²) in [6, 6.07) is 6.87. The summed E-state index contributed by atoms with van der Waals surface area (Å²) in [5.41, 5.74) is 5.26. The van der Waals surface area contributed by atoms with Gasteiger partial charge in [0.2, 0.25) is 0 Å². The summed E-state index contributed by atoms with van der Waals surface area (Å²) in [7, 11) is 0. The molecule has 1 atom stereocenters. The van der Waals surface area contributed by atoms with Gasteiger partial charge in [-0.2, -0.15) is 0 Å². The molecule has 0 saturated heterocycles. The molecule has 3 rings (SSSR count). The van der Waals surface area contributed by atoms with Crippen LogP contribution in [-0.4, -0.2) is 15.9 Å². The van der Waals surface area contributed by atoms with E-state index in [-0.39, 0.29) is 0 Å². The fraction of sp³-hybridized carbons (Fsp3) is 0.353. The summed E-state index contributed by atoms with van der Waals surface area (Å²) in [5.74, 6) is 0. The van der Waals surface area contributed by atoms with E-state index in [1.165, 1.54) is 16.7 Å². The lowest BCUT2D eigenvalue weighted by Crippen LogP contribution is -2.24. The zero-order valence-corrected chi connectivity index (χ0v) is 13.6. The smallest absolute Gasteiger partial charge is 0.193 e. The second-order valence-corrected chi connectivity index (χ2v) is 6.30. The van der Waals surface area contributed by atoms with Crippen LogP contribution in [0.15, 0.2) is 36.0 Å². The number of likely N-dealkylation sites (N-methyl/N-ethyl adjacent to an activating group) is 1. The van der Waals surface area contributed by atoms with Crippen molar-refractivity contribution in [1.29, 1.82) is 0 Å². The molecule has 2 aromatic heterocycles. The number of aromatic nitrogens is 2. The van der Waals surface area contributed by atoms with Gasteiger partial charge in [0.05, 0.1) is 5.69 Å². The molecular formula is C17H21N3S. The predicted octanol–water partition coefficient (Wildman–Crippen LogP) is 3.91. The maximum absolute atomic E-state index is 4.71. The van der Waals surface area contributed by atoms with Gasteiger partial charge in [0.25, 0.3) is 0 Å². The minimum atomic E-state index is 0.319. The molecule has 0 fully saturated rings. The van der Waals surface area contributed by atoms with Crippen molar-refractivity contribution in [1.82, 2.24) is 14.7 Å². The molecule has 0 saturated carbocycles. The highest BCUT2D eigenvalue weighted by Gasteiger charge is 2.16. The number of benzene rings is 1. The van der Waals surface area contributed by atoms with E-state index in [2.05, 4.69) is 66.5 Å². The zero-order chi connectivity index (χ0) is 14.8. The van der Waals surface area contributed by atoms with E-state index in [1.54, 1.807) is 11.3 Å². The lowest BCUT2D eigenvalue weighted by molar-refractivity contribution is 0.542. The Balaban J connectivity index is 1.90. The zero-order valence-electron chi connectivity index (χ0n) is 12.8. The van der Waals surface area contributed by atoms with E-state index < -0.39 is 0 Å². The first-order chi connectivity index (χ1) is 10.2. The Hall–Kier alpha value is -1.65. The van der Waals surface area contributed by atoms with E-state index in [0.717, 1.165) is 23.6 Å². The fourth-order valence-corrected chi connectivity index (χ4v) is 3.49. The van der Waals surface area contributed by atoms with Gasteiger partial charge in [-0.05, 0) is 37.1 Å². The van der Waals surface area contributed by atoms with Gasteiger partial charge in [-0.15, -0.1) is 11.3 Å². The Bertz CT molecular complexity index is 713. The largest absolute Gasteiger partial charge is 0.310 e. The van der Waals surface area contributed by atoms with Crippen molar-refractivity contribution < 1.29 is 0 Å². The second kappa shape index (κ2) is 6.00. The summed E-state index contributed by atoms with van der Waals surface area (Å²) in [6.45, 7) is 7.50. The van der Waals surface area contributed by atoms with Crippen molar-refractivity contribution in [3.8, 4) is 0 Å². The van der Waals surface area contributed by atoms with Crippen LogP contribution in [0.5, 0.6) is 0 Å². The summed E-state index contributed by atoms with van der Waals surface area (Å²) < 4.78 is 2.10. The maximum Gasteiger partial charge on any atom is 0.193 e. The van der Waals surface area contributed by atoms with Crippen LogP contribution in [0.2, 0.25) is 0 Å². The van der Waals surface area contributed by atoms with E-state index in [0.29, 0.717) is 6.04 Å². The number of aryl methyl sites for hydroxylation is 1. The summed E-state index contributed by atoms with van der Waals surface area (Å²) >= 11 is 1.68. The Morgan fingerprint density at radius 3 is 2.95 bits per heavy atom. The average Bonchev–Trinajstić information content (AvgIpc) is 3.02. The predicted molar refractivity (Wildman–Crippen MR) is 89.1 cm³/mol. The number of imidazole rings is 1. The summed E-state index contributed by atoms with van der Waals surface area (Å²) in [6.07, 6.45) is 5.13. The molecule has 21 heavy (non-hydrogen) atoms. The average molecular weight is 299 g/mol. The van der Waals surface area contributed by atoms with Crippen molar-refractivity contribution in [2.24, 2.45) is 0 Å². The first-order valence-corrected chi connectivity index (χ1v) is 8.27. The summed E-state index contributed by atoms with van der Waals surface area (Å²) in [4.78, 5) is 5.78. The highest BCUT2D eigenvalue weighted by Crippen LogP contribution is 2.24. The molecule has 110 valence electrons. The molecule has 0 radical (unpaired) electrons. The van der Waals surface area contributed by atoms with E-state index in [4.69, 9.17) is 4.98 Å². The molecule has 0 amide bonds. The van der Waals surface area contributed by atoms with Crippen molar-refractivity contribution in [3.63, 3.8) is 0 Å². The molecule has 0 bridgehead atoms. The van der Waals surface area contributed by atoms with Crippen LogP contribution in [0.4, 0.5) is 0 Å². The molecule has 1 unspecified atom stereocenters. The first-order valence-electron chi connectivity index (χ1n) is 7.39. The SMILES string of the molecule is CCNC(Cc1cn2ccsc2n1)c1cccc(C)c1C. The Labute approximate surface area is 129 Å². The third kappa shape index (κ3) is 2.87. The number of fused-ring (bicyclic) bond motifs is 1. The van der Waals surface area contributed by atoms with Gasteiger partial charge in [0, 0.05) is 30.2 Å². The van der Waals surface area contributed by atoms with Crippen LogP contribution in [0.3, 0.4) is 0 Å². The molecule has 0 aliphatic rings. The molecular weight excluding hydrogens is 278 g/mol. The van der Waals surface area contributed by atoms with Gasteiger partial charge in [-0.25, -0.2) is 4.98 Å². The number of hydrogen-bond acceptors (Lipinski definition) is 3. The highest BCUT2D eigenvalue weighted by molar-refractivity contribution is 7.15. The number of nitrogens with one attached hydrogen (secondary N) is 1. The Kier molecular flexibility index (Phi) is 4.08. The first kappa shape index (κ1) is 14.3. The standard InChI is InChI=1S/C17H21N3S/c1-4-18-16(15-7-5-6-12(2)13(15)3)10-14-11-20-8-9-21-17(20)19-14/h5-9,11,16,18H,4,10H2,1-3H3. The van der Waals surface area contributed by atoms with E-state index >= 15 is 0 Å². The molecule has 3 aromatic rings. The molecule has 3 nitrogen and oxygen atoms in total. The molecule has 1 aromatic carbocycles. The van der Waals surface area contributed by atoms with Crippen LogP contribution in [-0.2, 0) is 6.42 Å². The maximum atomic E-state index is 4.71. The van der Waals surface area contributed by atoms with E-state index in [9.17, 15) is 0 Å².